The van der Waals surface area contributed by atoms with Gasteiger partial charge in [0.25, 0.3) is 0 Å². The summed E-state index contributed by atoms with van der Waals surface area (Å²) >= 11 is 5.92. The number of piperidine rings is 1. The second kappa shape index (κ2) is 11.6. The van der Waals surface area contributed by atoms with Crippen LogP contribution in [0.25, 0.3) is 6.08 Å². The zero-order valence-corrected chi connectivity index (χ0v) is 23.0. The highest BCUT2D eigenvalue weighted by Gasteiger charge is 2.51. The Morgan fingerprint density at radius 1 is 1.00 bits per heavy atom. The van der Waals surface area contributed by atoms with Crippen LogP contribution in [0.4, 0.5) is 36.8 Å². The van der Waals surface area contributed by atoms with Gasteiger partial charge in [0.1, 0.15) is 5.15 Å². The molecule has 42 heavy (non-hydrogen) atoms. The van der Waals surface area contributed by atoms with E-state index in [1.807, 2.05) is 6.08 Å². The van der Waals surface area contributed by atoms with E-state index in [0.29, 0.717) is 43.6 Å². The van der Waals surface area contributed by atoms with E-state index in [9.17, 15) is 31.1 Å². The number of aromatic nitrogens is 1. The van der Waals surface area contributed by atoms with E-state index < -0.39 is 34.9 Å². The molecule has 3 heterocycles. The maximum Gasteiger partial charge on any atom is 0.416 e. The monoisotopic (exact) mass is 608 g/mol. The van der Waals surface area contributed by atoms with E-state index in [2.05, 4.69) is 15.2 Å². The zero-order chi connectivity index (χ0) is 30.1. The van der Waals surface area contributed by atoms with Crippen LogP contribution in [0.3, 0.4) is 0 Å². The molecule has 222 valence electrons. The molecule has 2 aromatic carbocycles. The summed E-state index contributed by atoms with van der Waals surface area (Å²) in [5.41, 5.74) is -0.588. The summed E-state index contributed by atoms with van der Waals surface area (Å²) in [6.45, 7) is 1.73. The van der Waals surface area contributed by atoms with E-state index in [4.69, 9.17) is 11.6 Å². The molecule has 0 saturated carbocycles. The Bertz CT molecular complexity index is 1460. The van der Waals surface area contributed by atoms with Crippen molar-refractivity contribution in [3.8, 4) is 0 Å². The summed E-state index contributed by atoms with van der Waals surface area (Å²) in [5, 5.41) is 3.06. The second-order valence-electron chi connectivity index (χ2n) is 10.5. The minimum Gasteiger partial charge on any atom is -0.334 e. The number of fused-ring (bicyclic) bond motifs is 2. The molecule has 0 unspecified atom stereocenters. The molecule has 0 aliphatic carbocycles. The molecule has 1 fully saturated rings. The Balaban J connectivity index is 1.29. The highest BCUT2D eigenvalue weighted by atomic mass is 35.5. The summed E-state index contributed by atoms with van der Waals surface area (Å²) < 4.78 is 81.0. The molecule has 0 atom stereocenters. The molecule has 12 heteroatoms. The lowest BCUT2D eigenvalue weighted by Gasteiger charge is -2.40. The first kappa shape index (κ1) is 29.9. The lowest BCUT2D eigenvalue weighted by atomic mass is 9.72. The minimum absolute atomic E-state index is 0.119. The minimum atomic E-state index is -4.58. The number of pyridine rings is 1. The number of benzene rings is 2. The van der Waals surface area contributed by atoms with E-state index in [-0.39, 0.29) is 29.5 Å². The number of likely N-dealkylation sites (tertiary alicyclic amines) is 1. The number of carbonyl (C=O) groups is 1. The summed E-state index contributed by atoms with van der Waals surface area (Å²) in [6.07, 6.45) is -3.11. The third-order valence-corrected chi connectivity index (χ3v) is 8.04. The van der Waals surface area contributed by atoms with E-state index in [1.165, 1.54) is 29.3 Å². The smallest absolute Gasteiger partial charge is 0.334 e. The lowest BCUT2D eigenvalue weighted by molar-refractivity contribution is -0.139. The largest absolute Gasteiger partial charge is 0.416 e. The van der Waals surface area contributed by atoms with Crippen molar-refractivity contribution in [3.63, 3.8) is 0 Å². The Morgan fingerprint density at radius 3 is 2.36 bits per heavy atom. The van der Waals surface area contributed by atoms with Crippen molar-refractivity contribution in [1.82, 2.24) is 15.2 Å². The van der Waals surface area contributed by atoms with Crippen LogP contribution in [0.15, 0.2) is 66.9 Å². The number of hydrogen-bond donors (Lipinski definition) is 1. The average Bonchev–Trinajstić information content (AvgIpc) is 3.26. The van der Waals surface area contributed by atoms with Gasteiger partial charge < -0.3 is 5.32 Å². The van der Waals surface area contributed by atoms with E-state index in [1.54, 1.807) is 24.3 Å². The Labute approximate surface area is 243 Å². The molecule has 2 aliphatic heterocycles. The van der Waals surface area contributed by atoms with Crippen LogP contribution < -0.4 is 10.2 Å². The molecule has 1 saturated heterocycles. The number of anilines is 1. The highest BCUT2D eigenvalue weighted by Crippen LogP contribution is 2.51. The van der Waals surface area contributed by atoms with Crippen molar-refractivity contribution in [1.29, 1.82) is 0 Å². The zero-order valence-electron chi connectivity index (χ0n) is 22.3. The Kier molecular flexibility index (Phi) is 8.26. The number of nitrogens with zero attached hydrogens (tertiary/aromatic N) is 3. The second-order valence-corrected chi connectivity index (χ2v) is 10.9. The molecule has 1 aromatic heterocycles. The number of amides is 2. The molecule has 2 amide bonds. The van der Waals surface area contributed by atoms with Gasteiger partial charge in [-0.15, -0.1) is 0 Å². The van der Waals surface area contributed by atoms with Gasteiger partial charge in [0, 0.05) is 36.9 Å². The fourth-order valence-corrected chi connectivity index (χ4v) is 5.92. The Morgan fingerprint density at radius 2 is 1.71 bits per heavy atom. The standard InChI is InChI=1S/C30H27ClF6N4O/c31-25-17-21(10-13-38-25)18-39-27(42)41-19-28(26-23(30(35,36)37)4-1-5-24(26)41)11-15-40(16-12-28)14-2-3-20-6-8-22(9-7-20)29(32,33)34/h1-10,13,17H,11-12,14-16,18-19H2,(H,39,42). The molecular weight excluding hydrogens is 582 g/mol. The number of urea groups is 1. The van der Waals surface area contributed by atoms with Gasteiger partial charge in [-0.25, -0.2) is 9.78 Å². The van der Waals surface area contributed by atoms with Crippen molar-refractivity contribution in [3.05, 3.63) is 99.8 Å². The van der Waals surface area contributed by atoms with Gasteiger partial charge in [-0.3, -0.25) is 9.80 Å². The first-order valence-electron chi connectivity index (χ1n) is 13.3. The Hall–Kier alpha value is -3.57. The molecule has 0 radical (unpaired) electrons. The fourth-order valence-electron chi connectivity index (χ4n) is 5.73. The van der Waals surface area contributed by atoms with Gasteiger partial charge in [-0.1, -0.05) is 42.0 Å². The molecule has 1 spiro atoms. The van der Waals surface area contributed by atoms with Crippen LogP contribution in [0.5, 0.6) is 0 Å². The van der Waals surface area contributed by atoms with Gasteiger partial charge in [-0.2, -0.15) is 26.3 Å². The summed E-state index contributed by atoms with van der Waals surface area (Å²) in [5.74, 6) is 0. The van der Waals surface area contributed by atoms with Crippen molar-refractivity contribution < 1.29 is 31.1 Å². The van der Waals surface area contributed by atoms with E-state index >= 15 is 0 Å². The van der Waals surface area contributed by atoms with Crippen LogP contribution in [0.1, 0.15) is 40.7 Å². The van der Waals surface area contributed by atoms with Gasteiger partial charge in [-0.05, 0) is 79.0 Å². The van der Waals surface area contributed by atoms with Crippen LogP contribution in [-0.2, 0) is 24.3 Å². The highest BCUT2D eigenvalue weighted by molar-refractivity contribution is 6.29. The molecule has 5 rings (SSSR count). The normalized spacial score (nSPS) is 17.2. The molecule has 5 nitrogen and oxygen atoms in total. The van der Waals surface area contributed by atoms with Crippen LogP contribution in [-0.4, -0.2) is 42.1 Å². The average molecular weight is 609 g/mol. The predicted octanol–water partition coefficient (Wildman–Crippen LogP) is 7.55. The first-order valence-corrected chi connectivity index (χ1v) is 13.7. The third-order valence-electron chi connectivity index (χ3n) is 7.83. The number of rotatable bonds is 5. The van der Waals surface area contributed by atoms with E-state index in [0.717, 1.165) is 18.2 Å². The van der Waals surface area contributed by atoms with Crippen LogP contribution >= 0.6 is 11.6 Å². The lowest BCUT2D eigenvalue weighted by Crippen LogP contribution is -2.48. The van der Waals surface area contributed by atoms with Gasteiger partial charge >= 0.3 is 18.4 Å². The summed E-state index contributed by atoms with van der Waals surface area (Å²) in [4.78, 5) is 20.7. The van der Waals surface area contributed by atoms with Crippen molar-refractivity contribution in [2.24, 2.45) is 0 Å². The SMILES string of the molecule is O=C(NCc1ccnc(Cl)c1)N1CC2(CCN(CC=Cc3ccc(C(F)(F)F)cc3)CC2)c2c1cccc2C(F)(F)F. The van der Waals surface area contributed by atoms with Gasteiger partial charge in [0.2, 0.25) is 0 Å². The summed E-state index contributed by atoms with van der Waals surface area (Å²) in [7, 11) is 0. The first-order chi connectivity index (χ1) is 19.9. The molecule has 1 N–H and O–H groups in total. The van der Waals surface area contributed by atoms with Gasteiger partial charge in [0.15, 0.2) is 0 Å². The van der Waals surface area contributed by atoms with Crippen LogP contribution in [0.2, 0.25) is 5.15 Å². The maximum atomic E-state index is 14.2. The maximum absolute atomic E-state index is 14.2. The molecule has 2 aliphatic rings. The van der Waals surface area contributed by atoms with Crippen molar-refractivity contribution in [2.45, 2.75) is 37.2 Å². The number of nitrogens with one attached hydrogen (secondary N) is 1. The number of alkyl halides is 6. The molecular formula is C30H27ClF6N4O. The van der Waals surface area contributed by atoms with Crippen molar-refractivity contribution >= 4 is 29.4 Å². The summed E-state index contributed by atoms with van der Waals surface area (Å²) in [6, 6.07) is 11.6. The van der Waals surface area contributed by atoms with Gasteiger partial charge in [0.05, 0.1) is 11.1 Å². The quantitative estimate of drug-likeness (QED) is 0.240. The number of hydrogen-bond acceptors (Lipinski definition) is 3. The number of carbonyl (C=O) groups excluding carboxylic acids is 1. The van der Waals surface area contributed by atoms with Crippen LogP contribution in [0, 0.1) is 0 Å². The molecule has 0 bridgehead atoms. The molecule has 3 aromatic rings. The fraction of sp³-hybridized carbons (Fsp3) is 0.333. The topological polar surface area (TPSA) is 48.5 Å². The number of halogens is 7. The third kappa shape index (κ3) is 6.42. The predicted molar refractivity (Wildman–Crippen MR) is 148 cm³/mol. The van der Waals surface area contributed by atoms with Crippen molar-refractivity contribution in [2.75, 3.05) is 31.1 Å².